The zero-order valence-electron chi connectivity index (χ0n) is 17.6. The molecule has 0 radical (unpaired) electrons. The van der Waals surface area contributed by atoms with Gasteiger partial charge in [-0.2, -0.15) is 0 Å². The molecular formula is C23H27N3O4. The molecule has 1 N–H and O–H groups in total. The van der Waals surface area contributed by atoms with Crippen LogP contribution in [0.25, 0.3) is 10.9 Å². The van der Waals surface area contributed by atoms with Crippen molar-refractivity contribution in [3.05, 3.63) is 64.2 Å². The summed E-state index contributed by atoms with van der Waals surface area (Å²) in [6, 6.07) is 12.3. The average Bonchev–Trinajstić information content (AvgIpc) is 2.77. The summed E-state index contributed by atoms with van der Waals surface area (Å²) in [5, 5.41) is 0.527. The highest BCUT2D eigenvalue weighted by Crippen LogP contribution is 2.29. The average molecular weight is 409 g/mol. The van der Waals surface area contributed by atoms with E-state index >= 15 is 0 Å². The van der Waals surface area contributed by atoms with Crippen LogP contribution in [0.3, 0.4) is 0 Å². The van der Waals surface area contributed by atoms with Gasteiger partial charge in [0, 0.05) is 12.1 Å². The smallest absolute Gasteiger partial charge is 0.258 e. The van der Waals surface area contributed by atoms with Gasteiger partial charge in [0.15, 0.2) is 11.5 Å². The van der Waals surface area contributed by atoms with Crippen molar-refractivity contribution in [2.45, 2.75) is 33.2 Å². The van der Waals surface area contributed by atoms with Crippen molar-refractivity contribution in [2.24, 2.45) is 0 Å². The third-order valence-electron chi connectivity index (χ3n) is 4.84. The van der Waals surface area contributed by atoms with Crippen molar-refractivity contribution in [2.75, 3.05) is 20.3 Å². The molecule has 1 heterocycles. The molecule has 0 saturated carbocycles. The number of carbonyl (C=O) groups is 1. The van der Waals surface area contributed by atoms with Gasteiger partial charge in [-0.3, -0.25) is 9.59 Å². The van der Waals surface area contributed by atoms with Crippen LogP contribution in [-0.2, 0) is 6.54 Å². The molecule has 0 aliphatic heterocycles. The lowest BCUT2D eigenvalue weighted by Crippen LogP contribution is -2.32. The minimum Gasteiger partial charge on any atom is -0.493 e. The van der Waals surface area contributed by atoms with Gasteiger partial charge >= 0.3 is 0 Å². The Morgan fingerprint density at radius 1 is 1.13 bits per heavy atom. The number of aromatic nitrogens is 2. The van der Waals surface area contributed by atoms with E-state index in [-0.39, 0.29) is 18.0 Å². The van der Waals surface area contributed by atoms with Gasteiger partial charge in [-0.1, -0.05) is 25.5 Å². The Hall–Kier alpha value is -3.35. The number of hydrogen-bond acceptors (Lipinski definition) is 5. The van der Waals surface area contributed by atoms with Crippen molar-refractivity contribution in [1.82, 2.24) is 14.9 Å². The number of aromatic amines is 1. The van der Waals surface area contributed by atoms with E-state index < -0.39 is 0 Å². The number of benzene rings is 2. The molecule has 3 aromatic rings. The molecule has 0 bridgehead atoms. The Kier molecular flexibility index (Phi) is 7.06. The lowest BCUT2D eigenvalue weighted by molar-refractivity contribution is 0.0748. The second-order valence-electron chi connectivity index (χ2n) is 6.92. The Labute approximate surface area is 175 Å². The van der Waals surface area contributed by atoms with Gasteiger partial charge in [0.1, 0.15) is 5.82 Å². The number of methoxy groups -OCH3 is 1. The molecule has 0 aliphatic carbocycles. The standard InChI is InChI=1S/C23H27N3O4/c1-4-6-13-30-19-12-11-16(14-20(19)29-3)23(28)26(5-2)15-21-24-18-10-8-7-9-17(18)22(27)25-21/h7-12,14H,4-6,13,15H2,1-3H3,(H,24,25,27). The number of nitrogens with one attached hydrogen (secondary N) is 1. The van der Waals surface area contributed by atoms with Crippen LogP contribution in [0.5, 0.6) is 11.5 Å². The number of hydrogen-bond donors (Lipinski definition) is 1. The highest BCUT2D eigenvalue weighted by Gasteiger charge is 2.18. The molecular weight excluding hydrogens is 382 g/mol. The summed E-state index contributed by atoms with van der Waals surface area (Å²) >= 11 is 0. The SMILES string of the molecule is CCCCOc1ccc(C(=O)N(CC)Cc2nc3ccccc3c(=O)[nH]2)cc1OC. The number of H-pyrrole nitrogens is 1. The first-order chi connectivity index (χ1) is 14.6. The van der Waals surface area contributed by atoms with Crippen molar-refractivity contribution in [3.63, 3.8) is 0 Å². The predicted molar refractivity (Wildman–Crippen MR) is 116 cm³/mol. The third kappa shape index (κ3) is 4.79. The van der Waals surface area contributed by atoms with Crippen LogP contribution in [0.2, 0.25) is 0 Å². The van der Waals surface area contributed by atoms with Crippen molar-refractivity contribution in [1.29, 1.82) is 0 Å². The number of ether oxygens (including phenoxy) is 2. The van der Waals surface area contributed by atoms with Crippen LogP contribution in [0.4, 0.5) is 0 Å². The first-order valence-corrected chi connectivity index (χ1v) is 10.1. The molecule has 0 aliphatic rings. The molecule has 7 nitrogen and oxygen atoms in total. The van der Waals surface area contributed by atoms with Crippen molar-refractivity contribution < 1.29 is 14.3 Å². The van der Waals surface area contributed by atoms with Crippen LogP contribution < -0.4 is 15.0 Å². The van der Waals surface area contributed by atoms with E-state index in [1.54, 1.807) is 48.4 Å². The maximum absolute atomic E-state index is 13.1. The number of nitrogens with zero attached hydrogens (tertiary/aromatic N) is 2. The van der Waals surface area contributed by atoms with Gasteiger partial charge < -0.3 is 19.4 Å². The number of para-hydroxylation sites is 1. The fourth-order valence-electron chi connectivity index (χ4n) is 3.15. The van der Waals surface area contributed by atoms with Gasteiger partial charge in [0.2, 0.25) is 0 Å². The minimum absolute atomic E-state index is 0.174. The molecule has 7 heteroatoms. The maximum atomic E-state index is 13.1. The molecule has 158 valence electrons. The van der Waals surface area contributed by atoms with E-state index in [0.717, 1.165) is 12.8 Å². The number of fused-ring (bicyclic) bond motifs is 1. The van der Waals surface area contributed by atoms with Crippen LogP contribution in [0.15, 0.2) is 47.3 Å². The van der Waals surface area contributed by atoms with Crippen LogP contribution >= 0.6 is 0 Å². The zero-order chi connectivity index (χ0) is 21.5. The normalized spacial score (nSPS) is 10.8. The molecule has 0 fully saturated rings. The zero-order valence-corrected chi connectivity index (χ0v) is 17.6. The number of carbonyl (C=O) groups excluding carboxylic acids is 1. The summed E-state index contributed by atoms with van der Waals surface area (Å²) in [4.78, 5) is 34.3. The Balaban J connectivity index is 1.81. The summed E-state index contributed by atoms with van der Waals surface area (Å²) in [5.41, 5.74) is 0.879. The molecule has 0 atom stereocenters. The second-order valence-corrected chi connectivity index (χ2v) is 6.92. The van der Waals surface area contributed by atoms with E-state index in [9.17, 15) is 9.59 Å². The summed E-state index contributed by atoms with van der Waals surface area (Å²) in [7, 11) is 1.55. The summed E-state index contributed by atoms with van der Waals surface area (Å²) in [6.07, 6.45) is 1.99. The molecule has 1 amide bonds. The number of unbranched alkanes of at least 4 members (excludes halogenated alkanes) is 1. The Morgan fingerprint density at radius 2 is 1.93 bits per heavy atom. The van der Waals surface area contributed by atoms with Gasteiger partial charge in [-0.15, -0.1) is 0 Å². The Bertz CT molecular complexity index is 1080. The van der Waals surface area contributed by atoms with Gasteiger partial charge in [0.25, 0.3) is 11.5 Å². The molecule has 0 saturated heterocycles. The lowest BCUT2D eigenvalue weighted by atomic mass is 10.1. The molecule has 1 aromatic heterocycles. The van der Waals surface area contributed by atoms with Gasteiger partial charge in [-0.25, -0.2) is 4.98 Å². The quantitative estimate of drug-likeness (QED) is 0.544. The largest absolute Gasteiger partial charge is 0.493 e. The lowest BCUT2D eigenvalue weighted by Gasteiger charge is -2.21. The molecule has 30 heavy (non-hydrogen) atoms. The van der Waals surface area contributed by atoms with E-state index in [1.807, 2.05) is 13.0 Å². The molecule has 0 spiro atoms. The monoisotopic (exact) mass is 409 g/mol. The topological polar surface area (TPSA) is 84.5 Å². The summed E-state index contributed by atoms with van der Waals surface area (Å²) in [6.45, 7) is 5.25. The van der Waals surface area contributed by atoms with E-state index in [1.165, 1.54) is 0 Å². The minimum atomic E-state index is -0.214. The van der Waals surface area contributed by atoms with Crippen LogP contribution in [0, 0.1) is 0 Å². The summed E-state index contributed by atoms with van der Waals surface area (Å²) < 4.78 is 11.1. The fraction of sp³-hybridized carbons (Fsp3) is 0.348. The molecule has 3 rings (SSSR count). The van der Waals surface area contributed by atoms with Gasteiger partial charge in [-0.05, 0) is 43.7 Å². The molecule has 0 unspecified atom stereocenters. The first-order valence-electron chi connectivity index (χ1n) is 10.1. The number of amides is 1. The van der Waals surface area contributed by atoms with Crippen molar-refractivity contribution >= 4 is 16.8 Å². The van der Waals surface area contributed by atoms with E-state index in [4.69, 9.17) is 9.47 Å². The summed E-state index contributed by atoms with van der Waals surface area (Å²) in [5.74, 6) is 1.41. The number of rotatable bonds is 9. The third-order valence-corrected chi connectivity index (χ3v) is 4.84. The van der Waals surface area contributed by atoms with E-state index in [0.29, 0.717) is 46.9 Å². The maximum Gasteiger partial charge on any atom is 0.258 e. The first kappa shape index (κ1) is 21.4. The fourth-order valence-corrected chi connectivity index (χ4v) is 3.15. The van der Waals surface area contributed by atoms with Gasteiger partial charge in [0.05, 0.1) is 31.2 Å². The van der Waals surface area contributed by atoms with Crippen LogP contribution in [0.1, 0.15) is 42.9 Å². The van der Waals surface area contributed by atoms with Crippen molar-refractivity contribution in [3.8, 4) is 11.5 Å². The second kappa shape index (κ2) is 9.91. The highest BCUT2D eigenvalue weighted by molar-refractivity contribution is 5.95. The van der Waals surface area contributed by atoms with E-state index in [2.05, 4.69) is 16.9 Å². The highest BCUT2D eigenvalue weighted by atomic mass is 16.5. The van der Waals surface area contributed by atoms with Crippen LogP contribution in [-0.4, -0.2) is 41.0 Å². The predicted octanol–water partition coefficient (Wildman–Crippen LogP) is 3.77. The molecule has 2 aromatic carbocycles. The Morgan fingerprint density at radius 3 is 2.67 bits per heavy atom.